The van der Waals surface area contributed by atoms with Crippen molar-refractivity contribution in [3.8, 4) is 0 Å². The van der Waals surface area contributed by atoms with Crippen molar-refractivity contribution in [2.75, 3.05) is 12.3 Å². The minimum absolute atomic E-state index is 0.165. The molecule has 0 unspecified atom stereocenters. The van der Waals surface area contributed by atoms with Crippen molar-refractivity contribution in [1.82, 2.24) is 5.32 Å². The summed E-state index contributed by atoms with van der Waals surface area (Å²) in [6.07, 6.45) is -0.682. The zero-order valence-corrected chi connectivity index (χ0v) is 12.2. The Hall–Kier alpha value is -2.40. The van der Waals surface area contributed by atoms with Crippen LogP contribution in [0, 0.1) is 5.82 Å². The number of carbonyl (C=O) groups excluding carboxylic acids is 1. The molecule has 1 fully saturated rings. The number of halogens is 1. The summed E-state index contributed by atoms with van der Waals surface area (Å²) in [6, 6.07) is 13.5. The van der Waals surface area contributed by atoms with E-state index in [0.29, 0.717) is 11.3 Å². The molecule has 2 aromatic carbocycles. The number of anilines is 1. The number of morpholine rings is 1. The number of hydrogen-bond donors (Lipinski definition) is 2. The molecule has 1 aliphatic heterocycles. The lowest BCUT2D eigenvalue weighted by Gasteiger charge is -2.38. The van der Waals surface area contributed by atoms with Gasteiger partial charge in [0.1, 0.15) is 5.82 Å². The molecule has 4 nitrogen and oxygen atoms in total. The molecule has 2 atom stereocenters. The molecule has 0 spiro atoms. The lowest BCUT2D eigenvalue weighted by atomic mass is 9.89. The Balaban J connectivity index is 1.88. The number of nitrogen functional groups attached to an aromatic ring is 1. The van der Waals surface area contributed by atoms with Crippen LogP contribution in [0.5, 0.6) is 0 Å². The van der Waals surface area contributed by atoms with Crippen LogP contribution in [0.25, 0.3) is 0 Å². The van der Waals surface area contributed by atoms with Crippen molar-refractivity contribution in [3.05, 3.63) is 65.5 Å². The van der Waals surface area contributed by atoms with Gasteiger partial charge in [0.05, 0.1) is 12.1 Å². The van der Waals surface area contributed by atoms with Crippen molar-refractivity contribution >= 4 is 11.6 Å². The number of hydrogen-bond acceptors (Lipinski definition) is 3. The second kappa shape index (κ2) is 5.42. The summed E-state index contributed by atoms with van der Waals surface area (Å²) >= 11 is 0. The molecule has 0 aliphatic carbocycles. The molecular weight excluding hydrogens is 283 g/mol. The van der Waals surface area contributed by atoms with Crippen LogP contribution in [0.1, 0.15) is 24.2 Å². The predicted octanol–water partition coefficient (Wildman–Crippen LogP) is 2.51. The maximum absolute atomic E-state index is 14.1. The van der Waals surface area contributed by atoms with Crippen molar-refractivity contribution in [1.29, 1.82) is 0 Å². The maximum Gasteiger partial charge on any atom is 0.254 e. The Morgan fingerprint density at radius 2 is 2.00 bits per heavy atom. The van der Waals surface area contributed by atoms with Gasteiger partial charge in [-0.05, 0) is 30.7 Å². The normalized spacial score (nSPS) is 24.8. The van der Waals surface area contributed by atoms with E-state index in [1.165, 1.54) is 18.2 Å². The first-order valence-electron chi connectivity index (χ1n) is 7.04. The van der Waals surface area contributed by atoms with Crippen LogP contribution in [-0.4, -0.2) is 12.5 Å². The SMILES string of the molecule is C[C@@]1(c2cc(N)ccc2F)CO[C@@H](c2ccccc2)C(=O)N1. The Morgan fingerprint density at radius 3 is 2.68 bits per heavy atom. The summed E-state index contributed by atoms with van der Waals surface area (Å²) in [6.45, 7) is 1.89. The van der Waals surface area contributed by atoms with Crippen molar-refractivity contribution in [2.45, 2.75) is 18.6 Å². The average Bonchev–Trinajstić information content (AvgIpc) is 2.50. The van der Waals surface area contributed by atoms with Gasteiger partial charge in [-0.15, -0.1) is 0 Å². The zero-order valence-electron chi connectivity index (χ0n) is 12.2. The van der Waals surface area contributed by atoms with E-state index in [4.69, 9.17) is 10.5 Å². The van der Waals surface area contributed by atoms with E-state index in [1.807, 2.05) is 30.3 Å². The van der Waals surface area contributed by atoms with Crippen molar-refractivity contribution in [3.63, 3.8) is 0 Å². The molecule has 1 heterocycles. The highest BCUT2D eigenvalue weighted by atomic mass is 19.1. The molecule has 0 saturated carbocycles. The molecule has 0 aromatic heterocycles. The number of nitrogens with two attached hydrogens (primary N) is 1. The van der Waals surface area contributed by atoms with E-state index in [9.17, 15) is 9.18 Å². The lowest BCUT2D eigenvalue weighted by Crippen LogP contribution is -2.54. The fourth-order valence-electron chi connectivity index (χ4n) is 2.69. The molecule has 22 heavy (non-hydrogen) atoms. The topological polar surface area (TPSA) is 64.3 Å². The Bertz CT molecular complexity index is 705. The fraction of sp³-hybridized carbons (Fsp3) is 0.235. The smallest absolute Gasteiger partial charge is 0.254 e. The summed E-state index contributed by atoms with van der Waals surface area (Å²) in [5, 5.41) is 2.87. The van der Waals surface area contributed by atoms with Crippen LogP contribution in [0.4, 0.5) is 10.1 Å². The van der Waals surface area contributed by atoms with Gasteiger partial charge in [0, 0.05) is 11.3 Å². The average molecular weight is 300 g/mol. The van der Waals surface area contributed by atoms with E-state index in [0.717, 1.165) is 5.56 Å². The largest absolute Gasteiger partial charge is 0.399 e. The number of carbonyl (C=O) groups is 1. The molecule has 3 N–H and O–H groups in total. The molecular formula is C17H17FN2O2. The first-order chi connectivity index (χ1) is 10.5. The van der Waals surface area contributed by atoms with Gasteiger partial charge in [-0.3, -0.25) is 4.79 Å². The second-order valence-corrected chi connectivity index (χ2v) is 5.66. The quantitative estimate of drug-likeness (QED) is 0.838. The first kappa shape index (κ1) is 14.5. The predicted molar refractivity (Wildman–Crippen MR) is 81.4 cm³/mol. The number of amides is 1. The van der Waals surface area contributed by atoms with Crippen LogP contribution in [0.15, 0.2) is 48.5 Å². The van der Waals surface area contributed by atoms with Gasteiger partial charge in [0.2, 0.25) is 0 Å². The molecule has 2 aromatic rings. The summed E-state index contributed by atoms with van der Waals surface area (Å²) in [5.74, 6) is -0.708. The fourth-order valence-corrected chi connectivity index (χ4v) is 2.69. The minimum atomic E-state index is -0.943. The molecule has 1 aliphatic rings. The highest BCUT2D eigenvalue weighted by molar-refractivity contribution is 5.84. The molecule has 1 saturated heterocycles. The van der Waals surface area contributed by atoms with Crippen LogP contribution in [0.3, 0.4) is 0 Å². The third-order valence-electron chi connectivity index (χ3n) is 3.86. The zero-order chi connectivity index (χ0) is 15.7. The Morgan fingerprint density at radius 1 is 1.27 bits per heavy atom. The molecule has 114 valence electrons. The van der Waals surface area contributed by atoms with Crippen LogP contribution in [-0.2, 0) is 15.1 Å². The highest BCUT2D eigenvalue weighted by Crippen LogP contribution is 2.32. The third-order valence-corrected chi connectivity index (χ3v) is 3.86. The summed E-state index contributed by atoms with van der Waals surface area (Å²) in [4.78, 5) is 12.4. The van der Waals surface area contributed by atoms with Crippen LogP contribution >= 0.6 is 0 Å². The number of benzene rings is 2. The van der Waals surface area contributed by atoms with Gasteiger partial charge < -0.3 is 15.8 Å². The first-order valence-corrected chi connectivity index (χ1v) is 7.04. The molecule has 0 radical (unpaired) electrons. The summed E-state index contributed by atoms with van der Waals surface area (Å²) in [7, 11) is 0. The molecule has 5 heteroatoms. The van der Waals surface area contributed by atoms with Gasteiger partial charge in [0.25, 0.3) is 5.91 Å². The molecule has 3 rings (SSSR count). The van der Waals surface area contributed by atoms with Crippen molar-refractivity contribution < 1.29 is 13.9 Å². The van der Waals surface area contributed by atoms with E-state index < -0.39 is 17.5 Å². The number of rotatable bonds is 2. The highest BCUT2D eigenvalue weighted by Gasteiger charge is 2.40. The van der Waals surface area contributed by atoms with Crippen LogP contribution in [0.2, 0.25) is 0 Å². The maximum atomic E-state index is 14.1. The monoisotopic (exact) mass is 300 g/mol. The van der Waals surface area contributed by atoms with Crippen molar-refractivity contribution in [2.24, 2.45) is 0 Å². The minimum Gasteiger partial charge on any atom is -0.399 e. The van der Waals surface area contributed by atoms with Gasteiger partial charge in [-0.25, -0.2) is 4.39 Å². The second-order valence-electron chi connectivity index (χ2n) is 5.66. The number of ether oxygens (including phenoxy) is 1. The third kappa shape index (κ3) is 2.55. The number of nitrogens with one attached hydrogen (secondary N) is 1. The summed E-state index contributed by atoms with van der Waals surface area (Å²) in [5.41, 5.74) is 6.32. The standard InChI is InChI=1S/C17H17FN2O2/c1-17(13-9-12(19)7-8-14(13)18)10-22-15(16(21)20-17)11-5-3-2-4-6-11/h2-9,15H,10,19H2,1H3,(H,20,21)/t15-,17-/m0/s1. The van der Waals surface area contributed by atoms with Gasteiger partial charge in [-0.2, -0.15) is 0 Å². The Labute approximate surface area is 128 Å². The summed E-state index contributed by atoms with van der Waals surface area (Å²) < 4.78 is 19.8. The van der Waals surface area contributed by atoms with Gasteiger partial charge in [0.15, 0.2) is 6.10 Å². The lowest BCUT2D eigenvalue weighted by molar-refractivity contribution is -0.146. The molecule has 1 amide bonds. The van der Waals surface area contributed by atoms with E-state index in [-0.39, 0.29) is 12.5 Å². The Kier molecular flexibility index (Phi) is 3.58. The van der Waals surface area contributed by atoms with E-state index >= 15 is 0 Å². The molecule has 0 bridgehead atoms. The van der Waals surface area contributed by atoms with Crippen LogP contribution < -0.4 is 11.1 Å². The van der Waals surface area contributed by atoms with E-state index in [1.54, 1.807) is 6.92 Å². The van der Waals surface area contributed by atoms with E-state index in [2.05, 4.69) is 5.32 Å². The van der Waals surface area contributed by atoms with Gasteiger partial charge >= 0.3 is 0 Å². The van der Waals surface area contributed by atoms with Gasteiger partial charge in [-0.1, -0.05) is 30.3 Å².